The number of methoxy groups -OCH3 is 1. The van der Waals surface area contributed by atoms with Crippen molar-refractivity contribution in [2.45, 2.75) is 11.8 Å². The molecule has 3 aromatic rings. The van der Waals surface area contributed by atoms with E-state index in [-0.39, 0.29) is 17.1 Å². The summed E-state index contributed by atoms with van der Waals surface area (Å²) < 4.78 is 47.2. The van der Waals surface area contributed by atoms with Crippen LogP contribution < -0.4 is 14.4 Å². The van der Waals surface area contributed by atoms with Gasteiger partial charge in [-0.1, -0.05) is 29.8 Å². The second-order valence-electron chi connectivity index (χ2n) is 6.45. The summed E-state index contributed by atoms with van der Waals surface area (Å²) in [6.07, 6.45) is 0. The van der Waals surface area contributed by atoms with E-state index in [1.807, 2.05) is 0 Å². The monoisotopic (exact) mass is 462 g/mol. The highest BCUT2D eigenvalue weighted by atomic mass is 35.5. The summed E-state index contributed by atoms with van der Waals surface area (Å²) in [4.78, 5) is 12.5. The zero-order chi connectivity index (χ0) is 22.6. The Hall–Kier alpha value is -3.10. The number of para-hydroxylation sites is 1. The van der Waals surface area contributed by atoms with Crippen molar-refractivity contribution in [3.63, 3.8) is 0 Å². The van der Waals surface area contributed by atoms with Gasteiger partial charge >= 0.3 is 0 Å². The summed E-state index contributed by atoms with van der Waals surface area (Å²) in [6, 6.07) is 16.2. The predicted molar refractivity (Wildman–Crippen MR) is 119 cm³/mol. The van der Waals surface area contributed by atoms with Crippen molar-refractivity contribution in [2.24, 2.45) is 0 Å². The molecule has 31 heavy (non-hydrogen) atoms. The zero-order valence-corrected chi connectivity index (χ0v) is 18.4. The quantitative estimate of drug-likeness (QED) is 0.538. The largest absolute Gasteiger partial charge is 0.495 e. The van der Waals surface area contributed by atoms with E-state index in [0.29, 0.717) is 16.5 Å². The van der Waals surface area contributed by atoms with E-state index >= 15 is 0 Å². The summed E-state index contributed by atoms with van der Waals surface area (Å²) in [5.74, 6) is -1.37. The second-order valence-corrected chi connectivity index (χ2v) is 8.74. The fourth-order valence-electron chi connectivity index (χ4n) is 3.02. The lowest BCUT2D eigenvalue weighted by molar-refractivity contribution is 0.102. The third kappa shape index (κ3) is 4.81. The van der Waals surface area contributed by atoms with Gasteiger partial charge < -0.3 is 10.1 Å². The molecule has 1 N–H and O–H groups in total. The molecule has 0 bridgehead atoms. The maximum absolute atomic E-state index is 14.5. The molecule has 0 spiro atoms. The van der Waals surface area contributed by atoms with Gasteiger partial charge in [-0.15, -0.1) is 0 Å². The lowest BCUT2D eigenvalue weighted by Gasteiger charge is -2.23. The predicted octanol–water partition coefficient (Wildman–Crippen LogP) is 4.96. The number of amides is 1. The van der Waals surface area contributed by atoms with Gasteiger partial charge in [0.2, 0.25) is 0 Å². The van der Waals surface area contributed by atoms with Crippen molar-refractivity contribution in [2.75, 3.05) is 23.3 Å². The molecule has 9 heteroatoms. The molecule has 0 aromatic heterocycles. The average Bonchev–Trinajstić information content (AvgIpc) is 2.75. The van der Waals surface area contributed by atoms with Crippen LogP contribution in [0.5, 0.6) is 5.75 Å². The smallest absolute Gasteiger partial charge is 0.264 e. The Morgan fingerprint density at radius 3 is 2.45 bits per heavy atom. The summed E-state index contributed by atoms with van der Waals surface area (Å²) in [7, 11) is -2.62. The number of hydrogen-bond acceptors (Lipinski definition) is 4. The molecule has 0 unspecified atom stereocenters. The Balaban J connectivity index is 1.98. The Kier molecular flexibility index (Phi) is 6.82. The minimum absolute atomic E-state index is 0.158. The molecular formula is C22H20ClFN2O4S. The van der Waals surface area contributed by atoms with E-state index in [1.54, 1.807) is 49.4 Å². The van der Waals surface area contributed by atoms with Crippen molar-refractivity contribution >= 4 is 38.9 Å². The summed E-state index contributed by atoms with van der Waals surface area (Å²) in [5, 5.41) is 2.86. The molecule has 0 saturated heterocycles. The van der Waals surface area contributed by atoms with Crippen LogP contribution in [0.4, 0.5) is 15.8 Å². The molecule has 0 radical (unpaired) electrons. The lowest BCUT2D eigenvalue weighted by Crippen LogP contribution is -2.31. The zero-order valence-electron chi connectivity index (χ0n) is 16.8. The van der Waals surface area contributed by atoms with Gasteiger partial charge in [-0.3, -0.25) is 9.10 Å². The van der Waals surface area contributed by atoms with E-state index in [1.165, 1.54) is 17.5 Å². The van der Waals surface area contributed by atoms with Crippen molar-refractivity contribution in [3.8, 4) is 5.75 Å². The van der Waals surface area contributed by atoms with Gasteiger partial charge in [0.25, 0.3) is 15.9 Å². The van der Waals surface area contributed by atoms with Crippen LogP contribution in [0.2, 0.25) is 5.02 Å². The summed E-state index contributed by atoms with van der Waals surface area (Å²) in [5.41, 5.74) is 0.267. The minimum atomic E-state index is -4.03. The molecule has 0 fully saturated rings. The van der Waals surface area contributed by atoms with E-state index in [4.69, 9.17) is 16.3 Å². The number of halogens is 2. The number of ether oxygens (including phenoxy) is 1. The number of sulfonamides is 1. The molecule has 0 aliphatic heterocycles. The Bertz CT molecular complexity index is 1200. The van der Waals surface area contributed by atoms with Gasteiger partial charge in [-0.05, 0) is 55.5 Å². The summed E-state index contributed by atoms with van der Waals surface area (Å²) in [6.45, 7) is 1.85. The SMILES string of the molecule is CCN(c1ccccc1)S(=O)(=O)c1ccc(F)c(C(=O)Nc2cc(Cl)ccc2OC)c1. The first-order chi connectivity index (χ1) is 14.8. The molecule has 0 aliphatic carbocycles. The molecule has 0 aliphatic rings. The molecule has 3 rings (SSSR count). The van der Waals surface area contributed by atoms with E-state index in [9.17, 15) is 17.6 Å². The summed E-state index contributed by atoms with van der Waals surface area (Å²) >= 11 is 5.96. The van der Waals surface area contributed by atoms with Crippen molar-refractivity contribution < 1.29 is 22.3 Å². The molecule has 3 aromatic carbocycles. The fraction of sp³-hybridized carbons (Fsp3) is 0.136. The van der Waals surface area contributed by atoms with Gasteiger partial charge in [0.15, 0.2) is 0 Å². The molecule has 6 nitrogen and oxygen atoms in total. The number of hydrogen-bond donors (Lipinski definition) is 1. The average molecular weight is 463 g/mol. The van der Waals surface area contributed by atoms with E-state index in [2.05, 4.69) is 5.32 Å². The molecular weight excluding hydrogens is 443 g/mol. The van der Waals surface area contributed by atoms with Gasteiger partial charge in [0.05, 0.1) is 28.9 Å². The third-order valence-electron chi connectivity index (χ3n) is 4.51. The minimum Gasteiger partial charge on any atom is -0.495 e. The second kappa shape index (κ2) is 9.36. The van der Waals surface area contributed by atoms with Gasteiger partial charge in [0, 0.05) is 11.6 Å². The lowest BCUT2D eigenvalue weighted by atomic mass is 10.2. The van der Waals surface area contributed by atoms with Crippen LogP contribution in [-0.2, 0) is 10.0 Å². The van der Waals surface area contributed by atoms with Crippen LogP contribution >= 0.6 is 11.6 Å². The van der Waals surface area contributed by atoms with E-state index in [0.717, 1.165) is 18.2 Å². The first-order valence-corrected chi connectivity index (χ1v) is 11.1. The standard InChI is InChI=1S/C22H20ClFN2O4S/c1-3-26(16-7-5-4-6-8-16)31(28,29)17-10-11-19(24)18(14-17)22(27)25-20-13-15(23)9-12-21(20)30-2/h4-14H,3H2,1-2H3,(H,25,27). The maximum Gasteiger partial charge on any atom is 0.264 e. The van der Waals surface area contributed by atoms with Crippen molar-refractivity contribution in [3.05, 3.63) is 83.1 Å². The number of carbonyl (C=O) groups is 1. The highest BCUT2D eigenvalue weighted by molar-refractivity contribution is 7.92. The highest BCUT2D eigenvalue weighted by Crippen LogP contribution is 2.29. The number of nitrogens with one attached hydrogen (secondary N) is 1. The highest BCUT2D eigenvalue weighted by Gasteiger charge is 2.26. The Morgan fingerprint density at radius 1 is 1.10 bits per heavy atom. The van der Waals surface area contributed by atoms with E-state index < -0.39 is 27.3 Å². The number of nitrogens with zero attached hydrogens (tertiary/aromatic N) is 1. The van der Waals surface area contributed by atoms with Crippen LogP contribution in [0, 0.1) is 5.82 Å². The molecule has 0 saturated carbocycles. The number of benzene rings is 3. The molecule has 0 heterocycles. The van der Waals surface area contributed by atoms with Crippen molar-refractivity contribution in [1.29, 1.82) is 0 Å². The van der Waals surface area contributed by atoms with Crippen LogP contribution in [0.1, 0.15) is 17.3 Å². The normalized spacial score (nSPS) is 11.1. The first-order valence-electron chi connectivity index (χ1n) is 9.30. The third-order valence-corrected chi connectivity index (χ3v) is 6.65. The topological polar surface area (TPSA) is 75.7 Å². The maximum atomic E-state index is 14.5. The number of carbonyl (C=O) groups excluding carboxylic acids is 1. The van der Waals surface area contributed by atoms with Crippen LogP contribution in [-0.4, -0.2) is 28.0 Å². The Morgan fingerprint density at radius 2 is 1.81 bits per heavy atom. The number of rotatable bonds is 7. The fourth-order valence-corrected chi connectivity index (χ4v) is 4.69. The molecule has 1 amide bonds. The van der Waals surface area contributed by atoms with Gasteiger partial charge in [0.1, 0.15) is 11.6 Å². The first kappa shape index (κ1) is 22.6. The van der Waals surface area contributed by atoms with Crippen LogP contribution in [0.3, 0.4) is 0 Å². The molecule has 0 atom stereocenters. The number of anilines is 2. The van der Waals surface area contributed by atoms with Gasteiger partial charge in [-0.2, -0.15) is 0 Å². The van der Waals surface area contributed by atoms with Crippen LogP contribution in [0.25, 0.3) is 0 Å². The molecule has 162 valence electrons. The van der Waals surface area contributed by atoms with Crippen molar-refractivity contribution in [1.82, 2.24) is 0 Å². The van der Waals surface area contributed by atoms with Crippen LogP contribution in [0.15, 0.2) is 71.6 Å². The Labute approximate surface area is 185 Å². The van der Waals surface area contributed by atoms with Gasteiger partial charge in [-0.25, -0.2) is 12.8 Å².